The molecule has 5 nitrogen and oxygen atoms in total. The number of aromatic hydroxyl groups is 1. The van der Waals surface area contributed by atoms with Gasteiger partial charge in [0.05, 0.1) is 5.69 Å². The zero-order valence-corrected chi connectivity index (χ0v) is 16.6. The smallest absolute Gasteiger partial charge is 0.354 e. The van der Waals surface area contributed by atoms with Crippen LogP contribution in [0, 0.1) is 0 Å². The van der Waals surface area contributed by atoms with E-state index in [0.717, 1.165) is 33.6 Å². The first kappa shape index (κ1) is 17.8. The van der Waals surface area contributed by atoms with E-state index < -0.39 is 16.6 Å². The van der Waals surface area contributed by atoms with E-state index in [4.69, 9.17) is 4.42 Å². The third-order valence-electron chi connectivity index (χ3n) is 5.43. The van der Waals surface area contributed by atoms with Crippen LogP contribution in [0.25, 0.3) is 16.7 Å². The number of benzene rings is 2. The second-order valence-electron chi connectivity index (χ2n) is 7.53. The lowest BCUT2D eigenvalue weighted by Gasteiger charge is -2.20. The Morgan fingerprint density at radius 1 is 1.00 bits per heavy atom. The molecule has 0 amide bonds. The molecule has 0 bridgehead atoms. The largest absolute Gasteiger partial charge is 0.505 e. The number of rotatable bonds is 2. The highest BCUT2D eigenvalue weighted by atomic mass is 32.2. The topological polar surface area (TPSA) is 72.4 Å². The van der Waals surface area contributed by atoms with E-state index in [0.29, 0.717) is 0 Å². The summed E-state index contributed by atoms with van der Waals surface area (Å²) in [6, 6.07) is 18.5. The molecule has 0 radical (unpaired) electrons. The van der Waals surface area contributed by atoms with Crippen LogP contribution in [0.1, 0.15) is 25.1 Å². The molecule has 3 heterocycles. The van der Waals surface area contributed by atoms with Crippen molar-refractivity contribution >= 4 is 22.7 Å². The fraction of sp³-hybridized carbons (Fsp3) is 0.130. The Bertz CT molecular complexity index is 1400. The molecular weight excluding hydrogens is 386 g/mol. The van der Waals surface area contributed by atoms with Crippen LogP contribution in [0.2, 0.25) is 0 Å². The van der Waals surface area contributed by atoms with Crippen LogP contribution >= 0.6 is 11.8 Å². The number of aromatic nitrogens is 1. The fourth-order valence-corrected chi connectivity index (χ4v) is 4.83. The molecule has 4 aromatic rings. The Morgan fingerprint density at radius 3 is 2.45 bits per heavy atom. The second kappa shape index (κ2) is 6.12. The van der Waals surface area contributed by atoms with Gasteiger partial charge < -0.3 is 9.52 Å². The molecule has 0 unspecified atom stereocenters. The molecule has 1 aliphatic heterocycles. The SMILES string of the molecule is CC1(C)c2ccccc2-n2c1cc1oc(=O)c(Sc3ccccc3)c(O)c1c2=O. The van der Waals surface area contributed by atoms with Crippen LogP contribution in [-0.4, -0.2) is 9.67 Å². The molecule has 0 fully saturated rings. The number of nitrogens with zero attached hydrogens (tertiary/aromatic N) is 1. The van der Waals surface area contributed by atoms with Crippen molar-refractivity contribution < 1.29 is 9.52 Å². The van der Waals surface area contributed by atoms with Gasteiger partial charge in [-0.2, -0.15) is 0 Å². The number of hydrogen-bond acceptors (Lipinski definition) is 5. The van der Waals surface area contributed by atoms with E-state index in [1.165, 1.54) is 0 Å². The van der Waals surface area contributed by atoms with Crippen molar-refractivity contribution in [3.05, 3.63) is 92.7 Å². The van der Waals surface area contributed by atoms with Gasteiger partial charge in [0.2, 0.25) is 0 Å². The molecule has 6 heteroatoms. The molecule has 144 valence electrons. The van der Waals surface area contributed by atoms with Gasteiger partial charge in [-0.05, 0) is 23.8 Å². The molecule has 0 spiro atoms. The average Bonchev–Trinajstić information content (AvgIpc) is 2.93. The third kappa shape index (κ3) is 2.49. The normalized spacial score (nSPS) is 14.0. The van der Waals surface area contributed by atoms with Crippen molar-refractivity contribution in [2.45, 2.75) is 29.1 Å². The number of fused-ring (bicyclic) bond motifs is 4. The lowest BCUT2D eigenvalue weighted by Crippen LogP contribution is -2.24. The van der Waals surface area contributed by atoms with Crippen molar-refractivity contribution in [1.82, 2.24) is 4.57 Å². The minimum Gasteiger partial charge on any atom is -0.505 e. The lowest BCUT2D eigenvalue weighted by molar-refractivity contribution is 0.445. The third-order valence-corrected chi connectivity index (χ3v) is 6.51. The summed E-state index contributed by atoms with van der Waals surface area (Å²) >= 11 is 1.08. The first-order valence-corrected chi connectivity index (χ1v) is 10.0. The second-order valence-corrected chi connectivity index (χ2v) is 8.62. The van der Waals surface area contributed by atoms with E-state index in [-0.39, 0.29) is 21.6 Å². The van der Waals surface area contributed by atoms with Crippen molar-refractivity contribution in [2.75, 3.05) is 0 Å². The van der Waals surface area contributed by atoms with Crippen molar-refractivity contribution in [3.8, 4) is 11.4 Å². The number of pyridine rings is 1. The van der Waals surface area contributed by atoms with Gasteiger partial charge in [-0.1, -0.05) is 62.0 Å². The van der Waals surface area contributed by atoms with Crippen LogP contribution in [0.15, 0.2) is 84.5 Å². The van der Waals surface area contributed by atoms with E-state index in [1.54, 1.807) is 10.6 Å². The summed E-state index contributed by atoms with van der Waals surface area (Å²) in [6.07, 6.45) is 0. The summed E-state index contributed by atoms with van der Waals surface area (Å²) in [5.41, 5.74) is 1.11. The minimum atomic E-state index is -0.665. The van der Waals surface area contributed by atoms with Gasteiger partial charge >= 0.3 is 5.63 Å². The summed E-state index contributed by atoms with van der Waals surface area (Å²) in [4.78, 5) is 26.8. The van der Waals surface area contributed by atoms with E-state index in [9.17, 15) is 14.7 Å². The van der Waals surface area contributed by atoms with Crippen LogP contribution < -0.4 is 11.2 Å². The predicted octanol–water partition coefficient (Wildman–Crippen LogP) is 4.44. The first-order chi connectivity index (χ1) is 13.9. The molecular formula is C23H17NO4S. The Morgan fingerprint density at radius 2 is 1.69 bits per heavy atom. The monoisotopic (exact) mass is 403 g/mol. The highest BCUT2D eigenvalue weighted by Crippen LogP contribution is 2.43. The molecule has 1 N–H and O–H groups in total. The van der Waals surface area contributed by atoms with Crippen molar-refractivity contribution in [1.29, 1.82) is 0 Å². The van der Waals surface area contributed by atoms with Gasteiger partial charge in [0.1, 0.15) is 15.9 Å². The molecule has 2 aromatic carbocycles. The van der Waals surface area contributed by atoms with Gasteiger partial charge in [-0.15, -0.1) is 0 Å². The van der Waals surface area contributed by atoms with Crippen molar-refractivity contribution in [2.24, 2.45) is 0 Å². The maximum absolute atomic E-state index is 13.4. The first-order valence-electron chi connectivity index (χ1n) is 9.18. The maximum atomic E-state index is 13.4. The Hall–Kier alpha value is -3.25. The molecule has 0 atom stereocenters. The summed E-state index contributed by atoms with van der Waals surface area (Å²) in [5, 5.41) is 10.9. The molecule has 0 saturated heterocycles. The quantitative estimate of drug-likeness (QED) is 0.536. The Balaban J connectivity index is 1.83. The molecule has 1 aliphatic rings. The molecule has 5 rings (SSSR count). The Labute approximate surface area is 170 Å². The number of hydrogen-bond donors (Lipinski definition) is 1. The van der Waals surface area contributed by atoms with E-state index in [1.807, 2.05) is 68.4 Å². The van der Waals surface area contributed by atoms with Gasteiger partial charge in [0.25, 0.3) is 5.56 Å². The zero-order valence-electron chi connectivity index (χ0n) is 15.8. The average molecular weight is 403 g/mol. The van der Waals surface area contributed by atoms with Gasteiger partial charge in [-0.25, -0.2) is 4.79 Å². The molecule has 0 aliphatic carbocycles. The number of para-hydroxylation sites is 1. The standard InChI is InChI=1S/C23H17NO4S/c1-23(2)14-10-6-7-11-15(14)24-17(23)12-16-18(21(24)26)19(25)20(22(27)28-16)29-13-8-4-3-5-9-13/h3-12,25H,1-2H3. The zero-order chi connectivity index (χ0) is 20.3. The Kier molecular flexibility index (Phi) is 3.76. The van der Waals surface area contributed by atoms with Gasteiger partial charge in [-0.3, -0.25) is 9.36 Å². The highest BCUT2D eigenvalue weighted by molar-refractivity contribution is 7.99. The minimum absolute atomic E-state index is 0.00638. The van der Waals surface area contributed by atoms with E-state index >= 15 is 0 Å². The summed E-state index contributed by atoms with van der Waals surface area (Å²) in [6.45, 7) is 4.04. The van der Waals surface area contributed by atoms with Crippen LogP contribution in [0.3, 0.4) is 0 Å². The maximum Gasteiger partial charge on any atom is 0.354 e. The van der Waals surface area contributed by atoms with Crippen LogP contribution in [0.4, 0.5) is 0 Å². The lowest BCUT2D eigenvalue weighted by atomic mass is 9.83. The summed E-state index contributed by atoms with van der Waals surface area (Å²) < 4.78 is 7.10. The van der Waals surface area contributed by atoms with Gasteiger partial charge in [0, 0.05) is 22.1 Å². The molecule has 2 aromatic heterocycles. The summed E-state index contributed by atoms with van der Waals surface area (Å²) in [7, 11) is 0. The highest BCUT2D eigenvalue weighted by Gasteiger charge is 2.37. The van der Waals surface area contributed by atoms with Crippen LogP contribution in [-0.2, 0) is 5.41 Å². The molecule has 29 heavy (non-hydrogen) atoms. The van der Waals surface area contributed by atoms with Crippen molar-refractivity contribution in [3.63, 3.8) is 0 Å². The summed E-state index contributed by atoms with van der Waals surface area (Å²) in [5.74, 6) is -0.340. The predicted molar refractivity (Wildman–Crippen MR) is 112 cm³/mol. The molecule has 0 saturated carbocycles. The fourth-order valence-electron chi connectivity index (χ4n) is 3.97. The van der Waals surface area contributed by atoms with E-state index in [2.05, 4.69) is 0 Å². The van der Waals surface area contributed by atoms with Crippen LogP contribution in [0.5, 0.6) is 5.75 Å². The van der Waals surface area contributed by atoms with Gasteiger partial charge in [0.15, 0.2) is 5.75 Å².